The summed E-state index contributed by atoms with van der Waals surface area (Å²) in [7, 11) is -4.47. The molecule has 1 aliphatic rings. The third kappa shape index (κ3) is 6.41. The maximum atomic E-state index is 12.4. The minimum Gasteiger partial charge on any atom is -0.356 e. The first kappa shape index (κ1) is 20.5. The number of hydrogen-bond donors (Lipinski definition) is 2. The molecule has 10 heteroatoms. The molecule has 1 aliphatic heterocycles. The van der Waals surface area contributed by atoms with Gasteiger partial charge in [0.2, 0.25) is 5.91 Å². The van der Waals surface area contributed by atoms with Crippen molar-refractivity contribution in [1.29, 1.82) is 0 Å². The molecule has 1 atom stereocenters. The van der Waals surface area contributed by atoms with Crippen LogP contribution in [-0.2, 0) is 14.8 Å². The van der Waals surface area contributed by atoms with Gasteiger partial charge in [-0.05, 0) is 25.7 Å². The molecule has 1 amide bonds. The highest BCUT2D eigenvalue weighted by atomic mass is 35.5. The van der Waals surface area contributed by atoms with Gasteiger partial charge >= 0.3 is 5.76 Å². The van der Waals surface area contributed by atoms with Crippen LogP contribution in [0.3, 0.4) is 0 Å². The molecule has 21 heavy (non-hydrogen) atoms. The second-order valence-electron chi connectivity index (χ2n) is 5.13. The lowest BCUT2D eigenvalue weighted by Gasteiger charge is -2.30. The Bertz CT molecular complexity index is 426. The second kappa shape index (κ2) is 8.82. The molecule has 0 saturated carbocycles. The monoisotopic (exact) mass is 349 g/mol. The maximum absolute atomic E-state index is 12.4. The first-order chi connectivity index (χ1) is 9.23. The van der Waals surface area contributed by atoms with Gasteiger partial charge in [-0.1, -0.05) is 0 Å². The van der Waals surface area contributed by atoms with Gasteiger partial charge < -0.3 is 11.1 Å². The summed E-state index contributed by atoms with van der Waals surface area (Å²) in [5.41, 5.74) is 5.49. The summed E-state index contributed by atoms with van der Waals surface area (Å²) >= 11 is 0. The molecule has 0 aromatic heterocycles. The van der Waals surface area contributed by atoms with E-state index < -0.39 is 15.8 Å². The predicted octanol–water partition coefficient (Wildman–Crippen LogP) is 0.526. The van der Waals surface area contributed by atoms with Crippen molar-refractivity contribution in [3.63, 3.8) is 0 Å². The van der Waals surface area contributed by atoms with Crippen molar-refractivity contribution in [1.82, 2.24) is 9.62 Å². The van der Waals surface area contributed by atoms with Crippen LogP contribution in [0.4, 0.5) is 8.78 Å². The minimum absolute atomic E-state index is 0. The summed E-state index contributed by atoms with van der Waals surface area (Å²) in [5.74, 6) is -3.41. The third-order valence-corrected chi connectivity index (χ3v) is 4.79. The Labute approximate surface area is 129 Å². The fourth-order valence-corrected chi connectivity index (χ4v) is 3.05. The van der Waals surface area contributed by atoms with Gasteiger partial charge in [0.05, 0.1) is 0 Å². The molecule has 1 fully saturated rings. The molecule has 0 radical (unpaired) electrons. The van der Waals surface area contributed by atoms with Gasteiger partial charge in [-0.2, -0.15) is 13.1 Å². The molecule has 0 bridgehead atoms. The summed E-state index contributed by atoms with van der Waals surface area (Å²) in [6.07, 6.45) is 1.16. The molecule has 1 rings (SSSR count). The number of halogens is 3. The van der Waals surface area contributed by atoms with Crippen LogP contribution in [0.25, 0.3) is 0 Å². The molecule has 0 aliphatic carbocycles. The molecule has 3 N–H and O–H groups in total. The number of nitrogens with two attached hydrogens (primary N) is 1. The molecule has 0 aromatic rings. The van der Waals surface area contributed by atoms with Gasteiger partial charge in [-0.3, -0.25) is 4.79 Å². The van der Waals surface area contributed by atoms with Gasteiger partial charge in [0.1, 0.15) is 0 Å². The van der Waals surface area contributed by atoms with E-state index in [1.54, 1.807) is 6.92 Å². The van der Waals surface area contributed by atoms with Crippen LogP contribution in [0.5, 0.6) is 0 Å². The molecule has 1 saturated heterocycles. The van der Waals surface area contributed by atoms with E-state index in [0.717, 1.165) is 4.31 Å². The van der Waals surface area contributed by atoms with E-state index in [9.17, 15) is 22.0 Å². The zero-order chi connectivity index (χ0) is 15.3. The van der Waals surface area contributed by atoms with E-state index in [-0.39, 0.29) is 49.8 Å². The van der Waals surface area contributed by atoms with Gasteiger partial charge in [-0.15, -0.1) is 12.4 Å². The fourth-order valence-electron chi connectivity index (χ4n) is 2.10. The van der Waals surface area contributed by atoms with Crippen molar-refractivity contribution in [2.45, 2.75) is 38.0 Å². The van der Waals surface area contributed by atoms with Crippen LogP contribution < -0.4 is 11.1 Å². The van der Waals surface area contributed by atoms with Crippen LogP contribution in [-0.4, -0.2) is 50.1 Å². The Morgan fingerprint density at radius 3 is 2.33 bits per heavy atom. The number of sulfonamides is 1. The van der Waals surface area contributed by atoms with Crippen molar-refractivity contribution in [2.24, 2.45) is 11.7 Å². The topological polar surface area (TPSA) is 92.5 Å². The summed E-state index contributed by atoms with van der Waals surface area (Å²) in [6, 6.07) is -0.215. The summed E-state index contributed by atoms with van der Waals surface area (Å²) in [6.45, 7) is 2.29. The Morgan fingerprint density at radius 1 is 1.38 bits per heavy atom. The van der Waals surface area contributed by atoms with Crippen LogP contribution in [0.2, 0.25) is 0 Å². The van der Waals surface area contributed by atoms with Crippen molar-refractivity contribution in [3.8, 4) is 0 Å². The molecule has 1 heterocycles. The number of nitrogens with zero attached hydrogens (tertiary/aromatic N) is 1. The normalized spacial score (nSPS) is 19.1. The van der Waals surface area contributed by atoms with Crippen LogP contribution >= 0.6 is 12.4 Å². The smallest absolute Gasteiger partial charge is 0.350 e. The van der Waals surface area contributed by atoms with Crippen molar-refractivity contribution in [2.75, 3.05) is 19.6 Å². The number of rotatable bonds is 6. The second-order valence-corrected chi connectivity index (χ2v) is 7.04. The number of carbonyl (C=O) groups is 1. The number of nitrogens with one attached hydrogen (secondary N) is 1. The quantitative estimate of drug-likeness (QED) is 0.731. The Balaban J connectivity index is 0.00000400. The zero-order valence-electron chi connectivity index (χ0n) is 11.8. The predicted molar refractivity (Wildman–Crippen MR) is 77.7 cm³/mol. The SMILES string of the molecule is CC(N)CC(=O)NCC1CCN(S(=O)(=O)C(F)F)CC1.Cl. The molecule has 1 unspecified atom stereocenters. The molecular formula is C11H22ClF2N3O3S. The van der Waals surface area contributed by atoms with E-state index in [1.807, 2.05) is 0 Å². The number of piperidine rings is 1. The van der Waals surface area contributed by atoms with E-state index in [2.05, 4.69) is 5.32 Å². The van der Waals surface area contributed by atoms with Gasteiger partial charge in [0, 0.05) is 32.1 Å². The maximum Gasteiger partial charge on any atom is 0.350 e. The molecule has 0 aromatic carbocycles. The summed E-state index contributed by atoms with van der Waals surface area (Å²) < 4.78 is 48.1. The van der Waals surface area contributed by atoms with E-state index in [0.29, 0.717) is 19.4 Å². The summed E-state index contributed by atoms with van der Waals surface area (Å²) in [4.78, 5) is 11.4. The van der Waals surface area contributed by atoms with Crippen LogP contribution in [0.1, 0.15) is 26.2 Å². The third-order valence-electron chi connectivity index (χ3n) is 3.25. The highest BCUT2D eigenvalue weighted by Crippen LogP contribution is 2.22. The Morgan fingerprint density at radius 2 is 1.90 bits per heavy atom. The number of alkyl halides is 2. The highest BCUT2D eigenvalue weighted by Gasteiger charge is 2.34. The summed E-state index contributed by atoms with van der Waals surface area (Å²) in [5, 5.41) is 2.72. The Kier molecular flexibility index (Phi) is 8.60. The average Bonchev–Trinajstić information content (AvgIpc) is 2.36. The highest BCUT2D eigenvalue weighted by molar-refractivity contribution is 7.89. The van der Waals surface area contributed by atoms with E-state index in [4.69, 9.17) is 5.73 Å². The lowest BCUT2D eigenvalue weighted by Crippen LogP contribution is -2.43. The minimum atomic E-state index is -4.47. The van der Waals surface area contributed by atoms with Crippen LogP contribution in [0, 0.1) is 5.92 Å². The average molecular weight is 350 g/mol. The van der Waals surface area contributed by atoms with Gasteiger partial charge in [-0.25, -0.2) is 8.42 Å². The molecule has 0 spiro atoms. The first-order valence-corrected chi connectivity index (χ1v) is 8.03. The largest absolute Gasteiger partial charge is 0.356 e. The number of carbonyl (C=O) groups excluding carboxylic acids is 1. The Hall–Kier alpha value is -0.510. The number of amides is 1. The standard InChI is InChI=1S/C11H21F2N3O3S.ClH/c1-8(14)6-10(17)15-7-9-2-4-16(5-3-9)20(18,19)11(12)13;/h8-9,11H,2-7,14H2,1H3,(H,15,17);1H. The number of hydrogen-bond acceptors (Lipinski definition) is 4. The van der Waals surface area contributed by atoms with Crippen molar-refractivity contribution in [3.05, 3.63) is 0 Å². The van der Waals surface area contributed by atoms with Crippen LogP contribution in [0.15, 0.2) is 0 Å². The molecule has 6 nitrogen and oxygen atoms in total. The van der Waals surface area contributed by atoms with E-state index in [1.165, 1.54) is 0 Å². The lowest BCUT2D eigenvalue weighted by molar-refractivity contribution is -0.121. The molecular weight excluding hydrogens is 328 g/mol. The van der Waals surface area contributed by atoms with Crippen molar-refractivity contribution < 1.29 is 22.0 Å². The zero-order valence-corrected chi connectivity index (χ0v) is 13.4. The van der Waals surface area contributed by atoms with Gasteiger partial charge in [0.25, 0.3) is 10.0 Å². The first-order valence-electron chi connectivity index (χ1n) is 6.53. The van der Waals surface area contributed by atoms with Crippen molar-refractivity contribution >= 4 is 28.3 Å². The van der Waals surface area contributed by atoms with E-state index >= 15 is 0 Å². The van der Waals surface area contributed by atoms with Gasteiger partial charge in [0.15, 0.2) is 0 Å². The lowest BCUT2D eigenvalue weighted by atomic mass is 9.98. The fraction of sp³-hybridized carbons (Fsp3) is 0.909. The molecule has 126 valence electrons.